The number of aromatic carboxylic acids is 1. The van der Waals surface area contributed by atoms with E-state index in [1.54, 1.807) is 12.1 Å². The van der Waals surface area contributed by atoms with Crippen molar-refractivity contribution in [2.75, 3.05) is 13.2 Å². The number of aromatic nitrogens is 1. The summed E-state index contributed by atoms with van der Waals surface area (Å²) in [4.78, 5) is 14.7. The summed E-state index contributed by atoms with van der Waals surface area (Å²) in [7, 11) is 0. The van der Waals surface area contributed by atoms with Crippen LogP contribution in [0.3, 0.4) is 0 Å². The van der Waals surface area contributed by atoms with Gasteiger partial charge < -0.3 is 14.6 Å². The van der Waals surface area contributed by atoms with E-state index >= 15 is 0 Å². The Balaban J connectivity index is 2.10. The SMILES string of the molecule is O=C(O)c1ncccc1OC1CCOCC1. The van der Waals surface area contributed by atoms with Crippen molar-refractivity contribution in [2.45, 2.75) is 18.9 Å². The predicted molar refractivity (Wildman–Crippen MR) is 55.7 cm³/mol. The van der Waals surface area contributed by atoms with E-state index in [0.717, 1.165) is 12.8 Å². The van der Waals surface area contributed by atoms with Crippen molar-refractivity contribution in [1.82, 2.24) is 4.98 Å². The fourth-order valence-corrected chi connectivity index (χ4v) is 1.62. The highest BCUT2D eigenvalue weighted by Gasteiger charge is 2.19. The quantitative estimate of drug-likeness (QED) is 0.837. The number of hydrogen-bond donors (Lipinski definition) is 1. The summed E-state index contributed by atoms with van der Waals surface area (Å²) in [5.41, 5.74) is -0.0333. The van der Waals surface area contributed by atoms with Gasteiger partial charge in [0.05, 0.1) is 13.2 Å². The molecule has 0 aliphatic carbocycles. The van der Waals surface area contributed by atoms with E-state index in [0.29, 0.717) is 19.0 Å². The molecule has 1 aliphatic rings. The molecule has 0 bridgehead atoms. The molecule has 0 atom stereocenters. The summed E-state index contributed by atoms with van der Waals surface area (Å²) >= 11 is 0. The van der Waals surface area contributed by atoms with Crippen molar-refractivity contribution >= 4 is 5.97 Å². The number of carboxylic acid groups (broad SMARTS) is 1. The third kappa shape index (κ3) is 2.49. The van der Waals surface area contributed by atoms with Crippen LogP contribution in [0, 0.1) is 0 Å². The lowest BCUT2D eigenvalue weighted by Gasteiger charge is -2.23. The van der Waals surface area contributed by atoms with Crippen LogP contribution in [-0.2, 0) is 4.74 Å². The lowest BCUT2D eigenvalue weighted by molar-refractivity contribution is 0.0246. The van der Waals surface area contributed by atoms with E-state index in [-0.39, 0.29) is 11.8 Å². The molecule has 1 fully saturated rings. The van der Waals surface area contributed by atoms with E-state index in [1.807, 2.05) is 0 Å². The Labute approximate surface area is 93.0 Å². The van der Waals surface area contributed by atoms with Gasteiger partial charge in [-0.3, -0.25) is 0 Å². The Morgan fingerprint density at radius 1 is 1.50 bits per heavy atom. The second kappa shape index (κ2) is 4.94. The first-order chi connectivity index (χ1) is 7.77. The predicted octanol–water partition coefficient (Wildman–Crippen LogP) is 1.34. The Hall–Kier alpha value is -1.62. The van der Waals surface area contributed by atoms with Crippen molar-refractivity contribution in [2.24, 2.45) is 0 Å². The fraction of sp³-hybridized carbons (Fsp3) is 0.455. The molecule has 1 aromatic rings. The van der Waals surface area contributed by atoms with Crippen LogP contribution in [0.4, 0.5) is 0 Å². The van der Waals surface area contributed by atoms with Crippen molar-refractivity contribution in [3.8, 4) is 5.75 Å². The molecule has 1 aromatic heterocycles. The van der Waals surface area contributed by atoms with Gasteiger partial charge in [-0.15, -0.1) is 0 Å². The zero-order valence-corrected chi connectivity index (χ0v) is 8.76. The normalized spacial score (nSPS) is 17.0. The van der Waals surface area contributed by atoms with Crippen LogP contribution in [0.2, 0.25) is 0 Å². The standard InChI is InChI=1S/C11H13NO4/c13-11(14)10-9(2-1-5-12-10)16-8-3-6-15-7-4-8/h1-2,5,8H,3-4,6-7H2,(H,13,14). The number of carbonyl (C=O) groups is 1. The van der Waals surface area contributed by atoms with Gasteiger partial charge in [-0.2, -0.15) is 0 Å². The largest absolute Gasteiger partial charge is 0.488 e. The minimum Gasteiger partial charge on any atom is -0.488 e. The van der Waals surface area contributed by atoms with Gasteiger partial charge in [0.2, 0.25) is 0 Å². The lowest BCUT2D eigenvalue weighted by atomic mass is 10.1. The maximum atomic E-state index is 10.9. The van der Waals surface area contributed by atoms with Crippen molar-refractivity contribution in [3.63, 3.8) is 0 Å². The van der Waals surface area contributed by atoms with Crippen LogP contribution in [0.15, 0.2) is 18.3 Å². The van der Waals surface area contributed by atoms with Gasteiger partial charge in [0.25, 0.3) is 0 Å². The second-order valence-electron chi connectivity index (χ2n) is 3.58. The van der Waals surface area contributed by atoms with Gasteiger partial charge in [0.15, 0.2) is 11.4 Å². The number of ether oxygens (including phenoxy) is 2. The third-order valence-electron chi connectivity index (χ3n) is 2.44. The van der Waals surface area contributed by atoms with Gasteiger partial charge in [-0.25, -0.2) is 9.78 Å². The van der Waals surface area contributed by atoms with Crippen molar-refractivity contribution in [1.29, 1.82) is 0 Å². The van der Waals surface area contributed by atoms with Gasteiger partial charge in [0, 0.05) is 19.0 Å². The van der Waals surface area contributed by atoms with Gasteiger partial charge in [-0.05, 0) is 12.1 Å². The van der Waals surface area contributed by atoms with E-state index in [1.165, 1.54) is 6.20 Å². The summed E-state index contributed by atoms with van der Waals surface area (Å²) in [6.07, 6.45) is 3.04. The zero-order valence-electron chi connectivity index (χ0n) is 8.76. The topological polar surface area (TPSA) is 68.7 Å². The molecule has 2 heterocycles. The molecular weight excluding hydrogens is 210 g/mol. The maximum Gasteiger partial charge on any atom is 0.358 e. The molecular formula is C11H13NO4. The molecule has 5 nitrogen and oxygen atoms in total. The highest BCUT2D eigenvalue weighted by Crippen LogP contribution is 2.20. The molecule has 0 unspecified atom stereocenters. The smallest absolute Gasteiger partial charge is 0.358 e. The molecule has 16 heavy (non-hydrogen) atoms. The number of nitrogens with zero attached hydrogens (tertiary/aromatic N) is 1. The first-order valence-electron chi connectivity index (χ1n) is 5.20. The average Bonchev–Trinajstić information content (AvgIpc) is 2.31. The zero-order chi connectivity index (χ0) is 11.4. The molecule has 0 radical (unpaired) electrons. The summed E-state index contributed by atoms with van der Waals surface area (Å²) in [5.74, 6) is -0.732. The first-order valence-corrected chi connectivity index (χ1v) is 5.20. The number of pyridine rings is 1. The number of hydrogen-bond acceptors (Lipinski definition) is 4. The van der Waals surface area contributed by atoms with Crippen molar-refractivity contribution in [3.05, 3.63) is 24.0 Å². The number of carboxylic acids is 1. The molecule has 0 amide bonds. The fourth-order valence-electron chi connectivity index (χ4n) is 1.62. The second-order valence-corrected chi connectivity index (χ2v) is 3.58. The van der Waals surface area contributed by atoms with Crippen LogP contribution in [0.1, 0.15) is 23.3 Å². The average molecular weight is 223 g/mol. The van der Waals surface area contributed by atoms with Crippen LogP contribution >= 0.6 is 0 Å². The highest BCUT2D eigenvalue weighted by atomic mass is 16.5. The summed E-state index contributed by atoms with van der Waals surface area (Å²) in [5, 5.41) is 8.93. The first kappa shape index (κ1) is 10.9. The van der Waals surface area contributed by atoms with Gasteiger partial charge in [0.1, 0.15) is 6.10 Å². The Bertz CT molecular complexity index is 374. The minimum atomic E-state index is -1.07. The molecule has 2 rings (SSSR count). The summed E-state index contributed by atoms with van der Waals surface area (Å²) < 4.78 is 10.8. The Morgan fingerprint density at radius 3 is 2.94 bits per heavy atom. The van der Waals surface area contributed by atoms with E-state index in [4.69, 9.17) is 14.6 Å². The molecule has 0 aromatic carbocycles. The van der Waals surface area contributed by atoms with E-state index in [9.17, 15) is 4.79 Å². The lowest BCUT2D eigenvalue weighted by Crippen LogP contribution is -2.26. The molecule has 5 heteroatoms. The molecule has 0 saturated carbocycles. The highest BCUT2D eigenvalue weighted by molar-refractivity contribution is 5.88. The van der Waals surface area contributed by atoms with Crippen LogP contribution < -0.4 is 4.74 Å². The summed E-state index contributed by atoms with van der Waals surface area (Å²) in [6, 6.07) is 3.30. The van der Waals surface area contributed by atoms with Gasteiger partial charge in [-0.1, -0.05) is 0 Å². The van der Waals surface area contributed by atoms with Crippen molar-refractivity contribution < 1.29 is 19.4 Å². The summed E-state index contributed by atoms with van der Waals surface area (Å²) in [6.45, 7) is 1.32. The van der Waals surface area contributed by atoms with E-state index < -0.39 is 5.97 Å². The molecule has 1 aliphatic heterocycles. The number of rotatable bonds is 3. The molecule has 1 saturated heterocycles. The van der Waals surface area contributed by atoms with Crippen LogP contribution in [0.25, 0.3) is 0 Å². The molecule has 0 spiro atoms. The monoisotopic (exact) mass is 223 g/mol. The van der Waals surface area contributed by atoms with E-state index in [2.05, 4.69) is 4.98 Å². The van der Waals surface area contributed by atoms with Gasteiger partial charge >= 0.3 is 5.97 Å². The van der Waals surface area contributed by atoms with Crippen LogP contribution in [-0.4, -0.2) is 35.4 Å². The Kier molecular flexibility index (Phi) is 3.36. The Morgan fingerprint density at radius 2 is 2.25 bits per heavy atom. The minimum absolute atomic E-state index is 0.0241. The third-order valence-corrected chi connectivity index (χ3v) is 2.44. The maximum absolute atomic E-state index is 10.9. The molecule has 86 valence electrons. The molecule has 1 N–H and O–H groups in total. The van der Waals surface area contributed by atoms with Crippen LogP contribution in [0.5, 0.6) is 5.75 Å².